The minimum atomic E-state index is -3.34. The Morgan fingerprint density at radius 2 is 2.06 bits per heavy atom. The van der Waals surface area contributed by atoms with E-state index in [1.807, 2.05) is 0 Å². The monoisotopic (exact) mass is 260 g/mol. The first kappa shape index (κ1) is 11.9. The molecule has 16 heavy (non-hydrogen) atoms. The van der Waals surface area contributed by atoms with Gasteiger partial charge in [0, 0.05) is 5.02 Å². The smallest absolute Gasteiger partial charge is 0.181 e. The van der Waals surface area contributed by atoms with Crippen molar-refractivity contribution in [2.24, 2.45) is 0 Å². The molecule has 5 heteroatoms. The van der Waals surface area contributed by atoms with E-state index in [4.69, 9.17) is 11.6 Å². The Labute approximate surface area is 100.0 Å². The number of rotatable bonds is 2. The highest BCUT2D eigenvalue weighted by Gasteiger charge is 2.34. The van der Waals surface area contributed by atoms with Gasteiger partial charge in [-0.05, 0) is 37.5 Å². The second-order valence-electron chi connectivity index (χ2n) is 4.09. The van der Waals surface area contributed by atoms with E-state index in [0.29, 0.717) is 24.3 Å². The van der Waals surface area contributed by atoms with Gasteiger partial charge in [0.15, 0.2) is 9.84 Å². The molecule has 0 bridgehead atoms. The van der Waals surface area contributed by atoms with Crippen LogP contribution in [-0.2, 0) is 9.84 Å². The Balaban J connectivity index is 2.32. The summed E-state index contributed by atoms with van der Waals surface area (Å²) >= 11 is 5.77. The minimum absolute atomic E-state index is 0.249. The highest BCUT2D eigenvalue weighted by atomic mass is 35.5. The Kier molecular flexibility index (Phi) is 3.24. The van der Waals surface area contributed by atoms with Crippen molar-refractivity contribution < 1.29 is 13.5 Å². The number of halogens is 1. The number of sulfone groups is 1. The molecule has 0 radical (unpaired) electrons. The fourth-order valence-corrected chi connectivity index (χ4v) is 4.16. The molecule has 1 aliphatic carbocycles. The van der Waals surface area contributed by atoms with E-state index in [2.05, 4.69) is 0 Å². The normalized spacial score (nSPS) is 25.9. The van der Waals surface area contributed by atoms with Gasteiger partial charge in [0.1, 0.15) is 0 Å². The van der Waals surface area contributed by atoms with Crippen LogP contribution in [-0.4, -0.2) is 24.9 Å². The van der Waals surface area contributed by atoms with Crippen molar-refractivity contribution >= 4 is 21.4 Å². The third-order valence-electron chi connectivity index (χ3n) is 2.92. The van der Waals surface area contributed by atoms with Gasteiger partial charge in [-0.2, -0.15) is 0 Å². The van der Waals surface area contributed by atoms with E-state index in [0.717, 1.165) is 0 Å². The first-order valence-corrected chi connectivity index (χ1v) is 7.10. The third kappa shape index (κ3) is 2.24. The van der Waals surface area contributed by atoms with E-state index in [1.165, 1.54) is 6.07 Å². The summed E-state index contributed by atoms with van der Waals surface area (Å²) in [6.45, 7) is 0. The second-order valence-corrected chi connectivity index (χ2v) is 6.76. The van der Waals surface area contributed by atoms with Crippen molar-refractivity contribution in [3.05, 3.63) is 29.3 Å². The van der Waals surface area contributed by atoms with Crippen molar-refractivity contribution in [3.63, 3.8) is 0 Å². The first-order valence-electron chi connectivity index (χ1n) is 5.17. The van der Waals surface area contributed by atoms with Crippen molar-refractivity contribution in [2.75, 3.05) is 0 Å². The zero-order chi connectivity index (χ0) is 11.8. The zero-order valence-corrected chi connectivity index (χ0v) is 10.2. The summed E-state index contributed by atoms with van der Waals surface area (Å²) in [4.78, 5) is 0.249. The molecule has 3 nitrogen and oxygen atoms in total. The molecule has 88 valence electrons. The van der Waals surface area contributed by atoms with Crippen LogP contribution in [0.5, 0.6) is 0 Å². The summed E-state index contributed by atoms with van der Waals surface area (Å²) in [5, 5.41) is 9.32. The largest absolute Gasteiger partial charge is 0.393 e. The molecule has 1 saturated carbocycles. The van der Waals surface area contributed by atoms with Gasteiger partial charge in [-0.3, -0.25) is 0 Å². The minimum Gasteiger partial charge on any atom is -0.393 e. The van der Waals surface area contributed by atoms with Crippen molar-refractivity contribution in [1.82, 2.24) is 0 Å². The number of aliphatic hydroxyl groups is 1. The zero-order valence-electron chi connectivity index (χ0n) is 8.64. The van der Waals surface area contributed by atoms with Crippen LogP contribution in [0.25, 0.3) is 0 Å². The SMILES string of the molecule is O=S(=O)(c1cccc(Cl)c1)C1CCC(O)C1. The maximum Gasteiger partial charge on any atom is 0.181 e. The molecule has 0 saturated heterocycles. The highest BCUT2D eigenvalue weighted by molar-refractivity contribution is 7.92. The first-order chi connectivity index (χ1) is 7.50. The Morgan fingerprint density at radius 3 is 2.62 bits per heavy atom. The van der Waals surface area contributed by atoms with E-state index in [1.54, 1.807) is 18.2 Å². The average Bonchev–Trinajstić information content (AvgIpc) is 2.65. The van der Waals surface area contributed by atoms with Gasteiger partial charge < -0.3 is 5.11 Å². The van der Waals surface area contributed by atoms with Crippen LogP contribution in [0.3, 0.4) is 0 Å². The molecule has 1 aliphatic rings. The van der Waals surface area contributed by atoms with E-state index in [-0.39, 0.29) is 4.90 Å². The molecule has 0 amide bonds. The lowest BCUT2D eigenvalue weighted by molar-refractivity contribution is 0.183. The van der Waals surface area contributed by atoms with E-state index >= 15 is 0 Å². The summed E-state index contributed by atoms with van der Waals surface area (Å²) in [5.74, 6) is 0. The predicted molar refractivity (Wildman–Crippen MR) is 62.3 cm³/mol. The van der Waals surface area contributed by atoms with E-state index in [9.17, 15) is 13.5 Å². The van der Waals surface area contributed by atoms with Gasteiger partial charge in [-0.1, -0.05) is 17.7 Å². The van der Waals surface area contributed by atoms with Gasteiger partial charge in [0.25, 0.3) is 0 Å². The number of hydrogen-bond acceptors (Lipinski definition) is 3. The number of hydrogen-bond donors (Lipinski definition) is 1. The van der Waals surface area contributed by atoms with Crippen molar-refractivity contribution in [2.45, 2.75) is 35.5 Å². The summed E-state index contributed by atoms with van der Waals surface area (Å²) in [6, 6.07) is 6.28. The second kappa shape index (κ2) is 4.35. The lowest BCUT2D eigenvalue weighted by Gasteiger charge is -2.11. The van der Waals surface area contributed by atoms with Crippen LogP contribution in [0.1, 0.15) is 19.3 Å². The van der Waals surface area contributed by atoms with Gasteiger partial charge in [-0.25, -0.2) is 8.42 Å². The topological polar surface area (TPSA) is 54.4 Å². The number of aliphatic hydroxyl groups excluding tert-OH is 1. The number of benzene rings is 1. The molecule has 0 heterocycles. The van der Waals surface area contributed by atoms with Crippen LogP contribution < -0.4 is 0 Å². The average molecular weight is 261 g/mol. The molecular formula is C11H13ClO3S. The fourth-order valence-electron chi connectivity index (χ4n) is 2.04. The summed E-state index contributed by atoms with van der Waals surface area (Å²) in [5.41, 5.74) is 0. The van der Waals surface area contributed by atoms with Crippen molar-refractivity contribution in [1.29, 1.82) is 0 Å². The molecule has 2 rings (SSSR count). The molecule has 0 spiro atoms. The molecule has 1 aromatic rings. The van der Waals surface area contributed by atoms with Gasteiger partial charge in [0.05, 0.1) is 16.2 Å². The van der Waals surface area contributed by atoms with Crippen LogP contribution in [0.15, 0.2) is 29.2 Å². The molecule has 1 fully saturated rings. The van der Waals surface area contributed by atoms with Gasteiger partial charge in [0.2, 0.25) is 0 Å². The van der Waals surface area contributed by atoms with Gasteiger partial charge >= 0.3 is 0 Å². The fraction of sp³-hybridized carbons (Fsp3) is 0.455. The Hall–Kier alpha value is -0.580. The van der Waals surface area contributed by atoms with Crippen LogP contribution in [0.4, 0.5) is 0 Å². The molecular weight excluding hydrogens is 248 g/mol. The Bertz CT molecular complexity index is 484. The predicted octanol–water partition coefficient (Wildman–Crippen LogP) is 2.03. The summed E-state index contributed by atoms with van der Waals surface area (Å²) in [7, 11) is -3.34. The third-order valence-corrected chi connectivity index (χ3v) is 5.37. The lowest BCUT2D eigenvalue weighted by atomic mass is 10.3. The van der Waals surface area contributed by atoms with E-state index < -0.39 is 21.2 Å². The van der Waals surface area contributed by atoms with Gasteiger partial charge in [-0.15, -0.1) is 0 Å². The van der Waals surface area contributed by atoms with Crippen molar-refractivity contribution in [3.8, 4) is 0 Å². The van der Waals surface area contributed by atoms with Crippen LogP contribution >= 0.6 is 11.6 Å². The molecule has 2 unspecified atom stereocenters. The Morgan fingerprint density at radius 1 is 1.31 bits per heavy atom. The molecule has 2 atom stereocenters. The summed E-state index contributed by atoms with van der Waals surface area (Å²) < 4.78 is 24.3. The molecule has 1 aromatic carbocycles. The highest BCUT2D eigenvalue weighted by Crippen LogP contribution is 2.30. The molecule has 1 N–H and O–H groups in total. The quantitative estimate of drug-likeness (QED) is 0.885. The standard InChI is InChI=1S/C11H13ClO3S/c12-8-2-1-3-10(6-8)16(14,15)11-5-4-9(13)7-11/h1-3,6,9,11,13H,4-5,7H2. The van der Waals surface area contributed by atoms with Crippen LogP contribution in [0, 0.1) is 0 Å². The molecule has 0 aliphatic heterocycles. The van der Waals surface area contributed by atoms with Crippen LogP contribution in [0.2, 0.25) is 5.02 Å². The molecule has 0 aromatic heterocycles. The summed E-state index contributed by atoms with van der Waals surface area (Å²) in [6.07, 6.45) is 0.925. The maximum atomic E-state index is 12.2. The maximum absolute atomic E-state index is 12.2. The lowest BCUT2D eigenvalue weighted by Crippen LogP contribution is -2.19.